The molecule has 3 rings (SSSR count). The van der Waals surface area contributed by atoms with Crippen LogP contribution in [0.1, 0.15) is 12.8 Å². The Kier molecular flexibility index (Phi) is 4.22. The van der Waals surface area contributed by atoms with E-state index in [1.165, 1.54) is 0 Å². The van der Waals surface area contributed by atoms with E-state index in [9.17, 15) is 4.79 Å². The molecule has 2 N–H and O–H groups in total. The SMILES string of the molecule is O=C(Nc1ccnn1-c1cccc(Cl)c1)C1CCNCC1. The number of halogens is 1. The first kappa shape index (κ1) is 14.1. The fourth-order valence-corrected chi connectivity index (χ4v) is 2.71. The van der Waals surface area contributed by atoms with Crippen LogP contribution in [-0.2, 0) is 4.79 Å². The number of nitrogens with one attached hydrogen (secondary N) is 2. The van der Waals surface area contributed by atoms with Crippen LogP contribution in [0.2, 0.25) is 5.02 Å². The summed E-state index contributed by atoms with van der Waals surface area (Å²) in [4.78, 5) is 12.3. The molecule has 2 aromatic rings. The maximum absolute atomic E-state index is 12.3. The standard InChI is InChI=1S/C15H17ClN4O/c16-12-2-1-3-13(10-12)20-14(6-9-18-20)19-15(21)11-4-7-17-8-5-11/h1-3,6,9-11,17H,4-5,7-8H2,(H,19,21). The molecule has 0 spiro atoms. The number of hydrogen-bond acceptors (Lipinski definition) is 3. The topological polar surface area (TPSA) is 59.0 Å². The number of amides is 1. The lowest BCUT2D eigenvalue weighted by molar-refractivity contribution is -0.120. The van der Waals surface area contributed by atoms with E-state index < -0.39 is 0 Å². The van der Waals surface area contributed by atoms with Crippen LogP contribution in [0.5, 0.6) is 0 Å². The lowest BCUT2D eigenvalue weighted by Crippen LogP contribution is -2.35. The van der Waals surface area contributed by atoms with Crippen LogP contribution in [0.25, 0.3) is 5.69 Å². The summed E-state index contributed by atoms with van der Waals surface area (Å²) in [5.74, 6) is 0.787. The zero-order valence-corrected chi connectivity index (χ0v) is 12.3. The molecule has 1 amide bonds. The lowest BCUT2D eigenvalue weighted by Gasteiger charge is -2.21. The van der Waals surface area contributed by atoms with Crippen molar-refractivity contribution in [2.45, 2.75) is 12.8 Å². The van der Waals surface area contributed by atoms with E-state index in [1.807, 2.05) is 24.3 Å². The minimum Gasteiger partial charge on any atom is -0.317 e. The monoisotopic (exact) mass is 304 g/mol. The van der Waals surface area contributed by atoms with Crippen LogP contribution >= 0.6 is 11.6 Å². The number of carbonyl (C=O) groups is 1. The molecule has 1 aromatic carbocycles. The third-order valence-electron chi connectivity index (χ3n) is 3.66. The van der Waals surface area contributed by atoms with E-state index in [-0.39, 0.29) is 11.8 Å². The summed E-state index contributed by atoms with van der Waals surface area (Å²) < 4.78 is 1.69. The summed E-state index contributed by atoms with van der Waals surface area (Å²) >= 11 is 6.01. The van der Waals surface area contributed by atoms with Gasteiger partial charge in [-0.25, -0.2) is 4.68 Å². The highest BCUT2D eigenvalue weighted by Crippen LogP contribution is 2.20. The van der Waals surface area contributed by atoms with Gasteiger partial charge in [-0.3, -0.25) is 4.79 Å². The summed E-state index contributed by atoms with van der Waals surface area (Å²) in [7, 11) is 0. The highest BCUT2D eigenvalue weighted by atomic mass is 35.5. The van der Waals surface area contributed by atoms with Crippen molar-refractivity contribution in [2.24, 2.45) is 5.92 Å². The zero-order valence-electron chi connectivity index (χ0n) is 11.6. The Labute approximate surface area is 128 Å². The molecule has 2 heterocycles. The third-order valence-corrected chi connectivity index (χ3v) is 3.89. The van der Waals surface area contributed by atoms with Crippen LogP contribution in [0.15, 0.2) is 36.5 Å². The highest BCUT2D eigenvalue weighted by Gasteiger charge is 2.21. The Morgan fingerprint density at radius 1 is 1.33 bits per heavy atom. The predicted octanol–water partition coefficient (Wildman–Crippen LogP) is 2.46. The van der Waals surface area contributed by atoms with Crippen molar-refractivity contribution in [3.05, 3.63) is 41.6 Å². The predicted molar refractivity (Wildman–Crippen MR) is 82.8 cm³/mol. The summed E-state index contributed by atoms with van der Waals surface area (Å²) in [5.41, 5.74) is 0.827. The number of aromatic nitrogens is 2. The van der Waals surface area contributed by atoms with Gasteiger partial charge in [-0.15, -0.1) is 0 Å². The Bertz CT molecular complexity index is 634. The van der Waals surface area contributed by atoms with Crippen LogP contribution in [0.3, 0.4) is 0 Å². The van der Waals surface area contributed by atoms with Crippen LogP contribution in [0.4, 0.5) is 5.82 Å². The molecule has 0 atom stereocenters. The van der Waals surface area contributed by atoms with Gasteiger partial charge in [0.15, 0.2) is 0 Å². The Hall–Kier alpha value is -1.85. The first-order valence-corrected chi connectivity index (χ1v) is 7.43. The zero-order chi connectivity index (χ0) is 14.7. The van der Waals surface area contributed by atoms with Crippen LogP contribution in [0, 0.1) is 5.92 Å². The van der Waals surface area contributed by atoms with Gasteiger partial charge in [-0.2, -0.15) is 5.10 Å². The summed E-state index contributed by atoms with van der Waals surface area (Å²) in [6.07, 6.45) is 3.41. The fraction of sp³-hybridized carbons (Fsp3) is 0.333. The molecule has 1 fully saturated rings. The maximum atomic E-state index is 12.3. The third kappa shape index (κ3) is 3.25. The molecule has 5 nitrogen and oxygen atoms in total. The number of hydrogen-bond donors (Lipinski definition) is 2. The van der Waals surface area contributed by atoms with Crippen LogP contribution in [-0.4, -0.2) is 28.8 Å². The molecule has 21 heavy (non-hydrogen) atoms. The number of nitrogens with zero attached hydrogens (tertiary/aromatic N) is 2. The van der Waals surface area contributed by atoms with E-state index in [1.54, 1.807) is 16.9 Å². The molecule has 1 saturated heterocycles. The Balaban J connectivity index is 1.78. The van der Waals surface area contributed by atoms with Gasteiger partial charge in [-0.05, 0) is 44.1 Å². The van der Waals surface area contributed by atoms with Crippen molar-refractivity contribution in [3.63, 3.8) is 0 Å². The maximum Gasteiger partial charge on any atom is 0.228 e. The van der Waals surface area contributed by atoms with Crippen molar-refractivity contribution < 1.29 is 4.79 Å². The second-order valence-electron chi connectivity index (χ2n) is 5.12. The highest BCUT2D eigenvalue weighted by molar-refractivity contribution is 6.30. The van der Waals surface area contributed by atoms with E-state index in [0.717, 1.165) is 31.6 Å². The first-order chi connectivity index (χ1) is 10.2. The van der Waals surface area contributed by atoms with Crippen molar-refractivity contribution in [1.82, 2.24) is 15.1 Å². The second-order valence-corrected chi connectivity index (χ2v) is 5.56. The minimum absolute atomic E-state index is 0.0558. The molecular weight excluding hydrogens is 288 g/mol. The molecular formula is C15H17ClN4O. The number of carbonyl (C=O) groups excluding carboxylic acids is 1. The number of benzene rings is 1. The molecule has 0 aliphatic carbocycles. The average molecular weight is 305 g/mol. The minimum atomic E-state index is 0.0558. The molecule has 0 unspecified atom stereocenters. The normalized spacial score (nSPS) is 15.9. The molecule has 0 radical (unpaired) electrons. The van der Waals surface area contributed by atoms with E-state index in [4.69, 9.17) is 11.6 Å². The largest absolute Gasteiger partial charge is 0.317 e. The van der Waals surface area contributed by atoms with E-state index in [2.05, 4.69) is 15.7 Å². The smallest absolute Gasteiger partial charge is 0.228 e. The first-order valence-electron chi connectivity index (χ1n) is 7.05. The average Bonchev–Trinajstić information content (AvgIpc) is 2.96. The Morgan fingerprint density at radius 3 is 2.90 bits per heavy atom. The van der Waals surface area contributed by atoms with Gasteiger partial charge in [-0.1, -0.05) is 17.7 Å². The van der Waals surface area contributed by atoms with Gasteiger partial charge >= 0.3 is 0 Å². The Morgan fingerprint density at radius 2 is 2.14 bits per heavy atom. The van der Waals surface area contributed by atoms with E-state index in [0.29, 0.717) is 10.8 Å². The summed E-state index contributed by atoms with van der Waals surface area (Å²) in [6.45, 7) is 1.79. The lowest BCUT2D eigenvalue weighted by atomic mass is 9.97. The molecule has 1 aliphatic heterocycles. The van der Waals surface area contributed by atoms with E-state index >= 15 is 0 Å². The molecule has 1 aliphatic rings. The summed E-state index contributed by atoms with van der Waals surface area (Å²) in [6, 6.07) is 9.17. The van der Waals surface area contributed by atoms with Gasteiger partial charge in [0.05, 0.1) is 11.9 Å². The molecule has 6 heteroatoms. The fourth-order valence-electron chi connectivity index (χ4n) is 2.52. The molecule has 0 saturated carbocycles. The van der Waals surface area contributed by atoms with Crippen LogP contribution < -0.4 is 10.6 Å². The number of rotatable bonds is 3. The summed E-state index contributed by atoms with van der Waals surface area (Å²) in [5, 5.41) is 11.1. The van der Waals surface area contributed by atoms with Crippen molar-refractivity contribution >= 4 is 23.3 Å². The molecule has 1 aromatic heterocycles. The number of piperidine rings is 1. The van der Waals surface area contributed by atoms with Gasteiger partial charge in [0, 0.05) is 17.0 Å². The van der Waals surface area contributed by atoms with Gasteiger partial charge in [0.1, 0.15) is 5.82 Å². The second kappa shape index (κ2) is 6.28. The van der Waals surface area contributed by atoms with Gasteiger partial charge in [0.2, 0.25) is 5.91 Å². The van der Waals surface area contributed by atoms with Gasteiger partial charge in [0.25, 0.3) is 0 Å². The molecule has 110 valence electrons. The van der Waals surface area contributed by atoms with Crippen molar-refractivity contribution in [3.8, 4) is 5.69 Å². The number of anilines is 1. The van der Waals surface area contributed by atoms with Crippen molar-refractivity contribution in [2.75, 3.05) is 18.4 Å². The van der Waals surface area contributed by atoms with Gasteiger partial charge < -0.3 is 10.6 Å². The molecule has 0 bridgehead atoms. The quantitative estimate of drug-likeness (QED) is 0.916. The van der Waals surface area contributed by atoms with Crippen molar-refractivity contribution in [1.29, 1.82) is 0 Å².